The summed E-state index contributed by atoms with van der Waals surface area (Å²) in [6, 6.07) is 15.0. The molecule has 4 aliphatic carbocycles. The van der Waals surface area contributed by atoms with Gasteiger partial charge in [0.2, 0.25) is 11.8 Å². The number of aromatic amines is 2. The maximum absolute atomic E-state index is 13.9. The Hall–Kier alpha value is -6.10. The second-order valence-electron chi connectivity index (χ2n) is 17.5. The van der Waals surface area contributed by atoms with Gasteiger partial charge in [0, 0.05) is 23.2 Å². The Balaban J connectivity index is 0.779. The van der Waals surface area contributed by atoms with Gasteiger partial charge < -0.3 is 39.9 Å². The summed E-state index contributed by atoms with van der Waals surface area (Å²) in [7, 11) is 2.65. The van der Waals surface area contributed by atoms with Crippen molar-refractivity contribution >= 4 is 24.0 Å². The number of carbonyl (C=O) groups is 4. The zero-order chi connectivity index (χ0) is 41.1. The van der Waals surface area contributed by atoms with Gasteiger partial charge in [-0.1, -0.05) is 48.9 Å². The lowest BCUT2D eigenvalue weighted by Gasteiger charge is -2.37. The summed E-state index contributed by atoms with van der Waals surface area (Å²) < 4.78 is 9.71. The number of alkyl carbamates (subject to hydrolysis) is 2. The third-order valence-electron chi connectivity index (χ3n) is 14.0. The molecule has 14 nitrogen and oxygen atoms in total. The number of amides is 4. The molecule has 6 fully saturated rings. The fourth-order valence-corrected chi connectivity index (χ4v) is 9.95. The molecule has 4 amide bonds. The predicted octanol–water partition coefficient (Wildman–Crippen LogP) is 6.24. The summed E-state index contributed by atoms with van der Waals surface area (Å²) in [6.07, 6.45) is 12.0. The molecule has 0 bridgehead atoms. The second kappa shape index (κ2) is 15.5. The van der Waals surface area contributed by atoms with Crippen LogP contribution in [0, 0.1) is 35.5 Å². The molecule has 4 N–H and O–H groups in total. The summed E-state index contributed by atoms with van der Waals surface area (Å²) in [5.41, 5.74) is 5.45. The van der Waals surface area contributed by atoms with Crippen molar-refractivity contribution < 1.29 is 28.7 Å². The lowest BCUT2D eigenvalue weighted by molar-refractivity contribution is -0.138. The smallest absolute Gasteiger partial charge is 0.407 e. The molecule has 310 valence electrons. The van der Waals surface area contributed by atoms with Crippen molar-refractivity contribution in [2.45, 2.75) is 100 Å². The third-order valence-corrected chi connectivity index (χ3v) is 14.0. The number of aromatic nitrogens is 4. The number of piperidine rings is 2. The van der Waals surface area contributed by atoms with Crippen LogP contribution in [0.1, 0.15) is 99.1 Å². The molecule has 14 heteroatoms. The number of carbonyl (C=O) groups excluding carboxylic acids is 4. The molecule has 6 aliphatic rings. The van der Waals surface area contributed by atoms with Gasteiger partial charge in [0.25, 0.3) is 0 Å². The number of imidazole rings is 2. The summed E-state index contributed by atoms with van der Waals surface area (Å²) >= 11 is 0. The topological polar surface area (TPSA) is 175 Å². The zero-order valence-corrected chi connectivity index (χ0v) is 33.9. The molecule has 2 aromatic carbocycles. The summed E-state index contributed by atoms with van der Waals surface area (Å²) in [4.78, 5) is 72.6. The molecule has 4 saturated carbocycles. The minimum atomic E-state index is -0.577. The van der Waals surface area contributed by atoms with Gasteiger partial charge in [-0.3, -0.25) is 9.59 Å². The highest BCUT2D eigenvalue weighted by atomic mass is 16.5. The minimum absolute atomic E-state index is 0.0343. The van der Waals surface area contributed by atoms with Gasteiger partial charge in [0.05, 0.1) is 50.1 Å². The Kier molecular flexibility index (Phi) is 9.84. The Labute approximate surface area is 348 Å². The zero-order valence-electron chi connectivity index (χ0n) is 33.9. The average molecular weight is 811 g/mol. The molecule has 4 aromatic rings. The molecule has 10 rings (SSSR count). The lowest BCUT2D eigenvalue weighted by atomic mass is 9.79. The highest BCUT2D eigenvalue weighted by Crippen LogP contribution is 2.55. The summed E-state index contributed by atoms with van der Waals surface area (Å²) in [5, 5.41) is 5.66. The predicted molar refractivity (Wildman–Crippen MR) is 220 cm³/mol. The Morgan fingerprint density at radius 1 is 0.633 bits per heavy atom. The maximum Gasteiger partial charge on any atom is 0.407 e. The van der Waals surface area contributed by atoms with Gasteiger partial charge in [0.1, 0.15) is 23.7 Å². The van der Waals surface area contributed by atoms with E-state index in [1.807, 2.05) is 70.7 Å². The normalized spacial score (nSPS) is 26.0. The fraction of sp³-hybridized carbons (Fsp3) is 0.478. The van der Waals surface area contributed by atoms with Crippen molar-refractivity contribution in [3.63, 3.8) is 0 Å². The van der Waals surface area contributed by atoms with Crippen LogP contribution in [0.5, 0.6) is 0 Å². The molecule has 8 atom stereocenters. The number of hydrogen-bond acceptors (Lipinski definition) is 8. The van der Waals surface area contributed by atoms with Crippen molar-refractivity contribution in [2.24, 2.45) is 23.7 Å². The number of nitrogens with one attached hydrogen (secondary N) is 4. The van der Waals surface area contributed by atoms with Crippen LogP contribution in [0.25, 0.3) is 22.5 Å². The van der Waals surface area contributed by atoms with E-state index in [1.165, 1.54) is 14.2 Å². The first-order valence-electron chi connectivity index (χ1n) is 21.4. The number of likely N-dealkylation sites (tertiary alicyclic amines) is 2. The average Bonchev–Trinajstić information content (AvgIpc) is 3.81. The molecular formula is C46H50N8O6. The van der Waals surface area contributed by atoms with E-state index in [2.05, 4.69) is 32.4 Å². The Bertz CT molecular complexity index is 2190. The number of rotatable bonds is 10. The molecular weight excluding hydrogens is 761 g/mol. The third kappa shape index (κ3) is 7.17. The standard InChI is InChI=1S/C46H50N8O6/c1-59-45(57)51-39(29-5-3-6-29)43(55)53-35-19-31(35)21-37(53)41-47-23-33(49-41)27-15-11-25(12-16-27)9-10-26-13-17-28(18-14-26)34-24-48-42(50-34)38-22-32-20-36(32)54(38)44(56)40(30-7-4-8-30)52-46(58)60-2/h11-18,23-24,29-32,35-40H,3-8,19-22H2,1-2H3,(H,47,49)(H,48,50)(H,51,57)(H,52,58)/t31-,32-,35-,36-,37+,38+,39+,40+/m1/s1. The van der Waals surface area contributed by atoms with Crippen molar-refractivity contribution in [3.8, 4) is 34.4 Å². The van der Waals surface area contributed by atoms with Gasteiger partial charge in [0.15, 0.2) is 0 Å². The Morgan fingerprint density at radius 3 is 1.38 bits per heavy atom. The van der Waals surface area contributed by atoms with E-state index in [-0.39, 0.29) is 47.8 Å². The van der Waals surface area contributed by atoms with E-state index < -0.39 is 24.3 Å². The fourth-order valence-electron chi connectivity index (χ4n) is 9.95. The van der Waals surface area contributed by atoms with Crippen LogP contribution in [0.2, 0.25) is 0 Å². The maximum atomic E-state index is 13.9. The van der Waals surface area contributed by atoms with E-state index in [4.69, 9.17) is 19.4 Å². The van der Waals surface area contributed by atoms with Crippen molar-refractivity contribution in [2.75, 3.05) is 14.2 Å². The van der Waals surface area contributed by atoms with E-state index in [1.54, 1.807) is 0 Å². The quantitative estimate of drug-likeness (QED) is 0.136. The van der Waals surface area contributed by atoms with Crippen LogP contribution in [-0.2, 0) is 19.1 Å². The summed E-state index contributed by atoms with van der Waals surface area (Å²) in [6.45, 7) is 0. The molecule has 2 aliphatic heterocycles. The minimum Gasteiger partial charge on any atom is -0.453 e. The number of benzene rings is 2. The van der Waals surface area contributed by atoms with Crippen LogP contribution in [0.4, 0.5) is 9.59 Å². The molecule has 60 heavy (non-hydrogen) atoms. The van der Waals surface area contributed by atoms with Crippen LogP contribution in [0.15, 0.2) is 60.9 Å². The Morgan fingerprint density at radius 2 is 1.03 bits per heavy atom. The van der Waals surface area contributed by atoms with Crippen molar-refractivity contribution in [1.29, 1.82) is 0 Å². The highest BCUT2D eigenvalue weighted by Gasteiger charge is 2.58. The first-order valence-corrected chi connectivity index (χ1v) is 21.4. The first kappa shape index (κ1) is 38.1. The number of H-pyrrole nitrogens is 2. The van der Waals surface area contributed by atoms with Crippen molar-refractivity contribution in [1.82, 2.24) is 40.4 Å². The van der Waals surface area contributed by atoms with Gasteiger partial charge in [-0.25, -0.2) is 19.6 Å². The van der Waals surface area contributed by atoms with Crippen molar-refractivity contribution in [3.05, 3.63) is 83.7 Å². The van der Waals surface area contributed by atoms with E-state index in [0.717, 1.165) is 109 Å². The van der Waals surface area contributed by atoms with Crippen LogP contribution < -0.4 is 10.6 Å². The SMILES string of the molecule is COC(=O)N[C@H](C(=O)N1[C@@H]2C[C@@H]2C[C@H]1c1ncc(-c2ccc(C#Cc3ccc(-c4cnc([C@@H]5C[C@H]6C[C@H]6N5C(=O)[C@@H](NC(=O)OC)C5CCC5)[nH]4)cc3)cc2)[nH]1)C1CCC1. The lowest BCUT2D eigenvalue weighted by Crippen LogP contribution is -2.54. The first-order chi connectivity index (χ1) is 29.3. The molecule has 4 heterocycles. The number of ether oxygens (including phenoxy) is 2. The summed E-state index contributed by atoms with van der Waals surface area (Å²) in [5.74, 6) is 9.22. The van der Waals surface area contributed by atoms with Gasteiger partial charge in [-0.15, -0.1) is 0 Å². The second-order valence-corrected chi connectivity index (χ2v) is 17.5. The largest absolute Gasteiger partial charge is 0.453 e. The molecule has 2 saturated heterocycles. The van der Waals surface area contributed by atoms with E-state index >= 15 is 0 Å². The number of methoxy groups -OCH3 is 2. The van der Waals surface area contributed by atoms with Gasteiger partial charge in [-0.05, 0) is 110 Å². The van der Waals surface area contributed by atoms with Crippen LogP contribution >= 0.6 is 0 Å². The molecule has 0 spiro atoms. The number of nitrogens with zero attached hydrogens (tertiary/aromatic N) is 4. The monoisotopic (exact) mass is 810 g/mol. The van der Waals surface area contributed by atoms with Gasteiger partial charge >= 0.3 is 12.2 Å². The van der Waals surface area contributed by atoms with Crippen LogP contribution in [0.3, 0.4) is 0 Å². The number of hydrogen-bond donors (Lipinski definition) is 4. The highest BCUT2D eigenvalue weighted by molar-refractivity contribution is 5.88. The molecule has 0 radical (unpaired) electrons. The number of fused-ring (bicyclic) bond motifs is 2. The molecule has 0 unspecified atom stereocenters. The van der Waals surface area contributed by atoms with Gasteiger partial charge in [-0.2, -0.15) is 0 Å². The molecule has 2 aromatic heterocycles. The van der Waals surface area contributed by atoms with E-state index in [9.17, 15) is 19.2 Å². The van der Waals surface area contributed by atoms with E-state index in [0.29, 0.717) is 11.8 Å². The van der Waals surface area contributed by atoms with Crippen LogP contribution in [-0.4, -0.2) is 92.1 Å².